The van der Waals surface area contributed by atoms with Gasteiger partial charge in [-0.25, -0.2) is 0 Å². The Morgan fingerprint density at radius 3 is 2.50 bits per heavy atom. The van der Waals surface area contributed by atoms with Crippen molar-refractivity contribution in [2.75, 3.05) is 26.7 Å². The van der Waals surface area contributed by atoms with Crippen molar-refractivity contribution in [3.8, 4) is 0 Å². The van der Waals surface area contributed by atoms with Gasteiger partial charge < -0.3 is 20.9 Å². The average Bonchev–Trinajstić information content (AvgIpc) is 3.13. The molecule has 1 heterocycles. The molecular weight excluding hydrogens is 330 g/mol. The first-order chi connectivity index (χ1) is 12.7. The van der Waals surface area contributed by atoms with Crippen LogP contribution in [-0.2, 0) is 9.59 Å². The van der Waals surface area contributed by atoms with Crippen LogP contribution in [-0.4, -0.2) is 61.4 Å². The zero-order valence-corrected chi connectivity index (χ0v) is 15.9. The molecule has 3 N–H and O–H groups in total. The molecule has 0 radical (unpaired) electrons. The van der Waals surface area contributed by atoms with E-state index in [1.54, 1.807) is 7.05 Å². The quantitative estimate of drug-likeness (QED) is 0.358. The molecule has 1 unspecified atom stereocenters. The normalized spacial score (nSPS) is 24.0. The van der Waals surface area contributed by atoms with Crippen LogP contribution in [0.15, 0.2) is 4.99 Å². The third kappa shape index (κ3) is 5.61. The van der Waals surface area contributed by atoms with Crippen molar-refractivity contribution in [2.24, 2.45) is 10.9 Å². The molecule has 2 aliphatic carbocycles. The molecule has 1 atom stereocenters. The molecule has 0 aromatic carbocycles. The van der Waals surface area contributed by atoms with Crippen LogP contribution in [0, 0.1) is 5.92 Å². The molecular formula is C19H33N5O2. The second-order valence-electron chi connectivity index (χ2n) is 7.84. The Bertz CT molecular complexity index is 526. The lowest BCUT2D eigenvalue weighted by molar-refractivity contribution is -0.134. The van der Waals surface area contributed by atoms with E-state index in [2.05, 4.69) is 20.9 Å². The Hall–Kier alpha value is -1.79. The van der Waals surface area contributed by atoms with Gasteiger partial charge >= 0.3 is 0 Å². The molecule has 146 valence electrons. The molecule has 1 aliphatic heterocycles. The number of likely N-dealkylation sites (tertiary alicyclic amines) is 1. The fourth-order valence-electron chi connectivity index (χ4n) is 3.88. The lowest BCUT2D eigenvalue weighted by atomic mass is 10.1. The molecule has 7 nitrogen and oxygen atoms in total. The summed E-state index contributed by atoms with van der Waals surface area (Å²) >= 11 is 0. The highest BCUT2D eigenvalue weighted by molar-refractivity contribution is 5.81. The van der Waals surface area contributed by atoms with E-state index < -0.39 is 0 Å². The van der Waals surface area contributed by atoms with E-state index in [0.717, 1.165) is 64.1 Å². The number of guanidine groups is 1. The van der Waals surface area contributed by atoms with Gasteiger partial charge in [0, 0.05) is 51.1 Å². The van der Waals surface area contributed by atoms with E-state index >= 15 is 0 Å². The second-order valence-corrected chi connectivity index (χ2v) is 7.84. The summed E-state index contributed by atoms with van der Waals surface area (Å²) in [4.78, 5) is 30.5. The minimum atomic E-state index is 0.147. The van der Waals surface area contributed by atoms with Gasteiger partial charge in [-0.05, 0) is 38.5 Å². The van der Waals surface area contributed by atoms with E-state index in [1.807, 2.05) is 4.90 Å². The molecule has 3 fully saturated rings. The third-order valence-corrected chi connectivity index (χ3v) is 5.58. The van der Waals surface area contributed by atoms with Gasteiger partial charge in [0.1, 0.15) is 0 Å². The SMILES string of the molecule is CN=C(NCCCC(=O)NC1CC1)NC1CCN(C(=O)C2CCCC2)C1. The highest BCUT2D eigenvalue weighted by atomic mass is 16.2. The van der Waals surface area contributed by atoms with Gasteiger partial charge in [-0.15, -0.1) is 0 Å². The molecule has 26 heavy (non-hydrogen) atoms. The first kappa shape index (κ1) is 19.0. The summed E-state index contributed by atoms with van der Waals surface area (Å²) in [6.07, 6.45) is 9.06. The number of carbonyl (C=O) groups is 2. The fourth-order valence-corrected chi connectivity index (χ4v) is 3.88. The molecule has 0 aromatic heterocycles. The van der Waals surface area contributed by atoms with Crippen LogP contribution in [0.25, 0.3) is 0 Å². The first-order valence-electron chi connectivity index (χ1n) is 10.2. The first-order valence-corrected chi connectivity index (χ1v) is 10.2. The molecule has 1 saturated heterocycles. The van der Waals surface area contributed by atoms with Crippen LogP contribution in [0.3, 0.4) is 0 Å². The Morgan fingerprint density at radius 1 is 1.04 bits per heavy atom. The predicted octanol–water partition coefficient (Wildman–Crippen LogP) is 1.00. The number of amides is 2. The van der Waals surface area contributed by atoms with Crippen LogP contribution in [0.5, 0.6) is 0 Å². The summed E-state index contributed by atoms with van der Waals surface area (Å²) in [6, 6.07) is 0.687. The summed E-state index contributed by atoms with van der Waals surface area (Å²) in [7, 11) is 1.76. The number of rotatable bonds is 7. The number of hydrogen-bond donors (Lipinski definition) is 3. The predicted molar refractivity (Wildman–Crippen MR) is 102 cm³/mol. The molecule has 0 bridgehead atoms. The van der Waals surface area contributed by atoms with Crippen LogP contribution in [0.4, 0.5) is 0 Å². The highest BCUT2D eigenvalue weighted by Crippen LogP contribution is 2.27. The standard InChI is InChI=1S/C19H33N5O2/c1-20-19(21-11-4-7-17(25)22-15-8-9-15)23-16-10-12-24(13-16)18(26)14-5-2-3-6-14/h14-16H,2-13H2,1H3,(H,22,25)(H2,20,21,23). The van der Waals surface area contributed by atoms with Gasteiger partial charge in [0.05, 0.1) is 0 Å². The van der Waals surface area contributed by atoms with Crippen molar-refractivity contribution in [1.29, 1.82) is 0 Å². The summed E-state index contributed by atoms with van der Waals surface area (Å²) in [6.45, 7) is 2.32. The molecule has 2 saturated carbocycles. The van der Waals surface area contributed by atoms with Crippen LogP contribution in [0.1, 0.15) is 57.8 Å². The van der Waals surface area contributed by atoms with Gasteiger partial charge in [0.2, 0.25) is 11.8 Å². The molecule has 2 amide bonds. The molecule has 0 aromatic rings. The van der Waals surface area contributed by atoms with E-state index in [-0.39, 0.29) is 17.9 Å². The van der Waals surface area contributed by atoms with Crippen molar-refractivity contribution >= 4 is 17.8 Å². The van der Waals surface area contributed by atoms with Gasteiger partial charge in [0.15, 0.2) is 5.96 Å². The molecule has 3 aliphatic rings. The maximum Gasteiger partial charge on any atom is 0.225 e. The van der Waals surface area contributed by atoms with E-state index in [0.29, 0.717) is 18.4 Å². The molecule has 0 spiro atoms. The Kier molecular flexibility index (Phi) is 6.74. The van der Waals surface area contributed by atoms with Crippen LogP contribution in [0.2, 0.25) is 0 Å². The van der Waals surface area contributed by atoms with Crippen LogP contribution < -0.4 is 16.0 Å². The Balaban J connectivity index is 1.31. The van der Waals surface area contributed by atoms with Crippen molar-refractivity contribution in [3.63, 3.8) is 0 Å². The van der Waals surface area contributed by atoms with Gasteiger partial charge in [-0.1, -0.05) is 12.8 Å². The fraction of sp³-hybridized carbons (Fsp3) is 0.842. The largest absolute Gasteiger partial charge is 0.356 e. The van der Waals surface area contributed by atoms with Gasteiger partial charge in [-0.2, -0.15) is 0 Å². The Labute approximate surface area is 156 Å². The van der Waals surface area contributed by atoms with Gasteiger partial charge in [-0.3, -0.25) is 14.6 Å². The summed E-state index contributed by atoms with van der Waals surface area (Å²) in [5.41, 5.74) is 0. The van der Waals surface area contributed by atoms with Crippen molar-refractivity contribution < 1.29 is 9.59 Å². The number of hydrogen-bond acceptors (Lipinski definition) is 3. The Morgan fingerprint density at radius 2 is 1.81 bits per heavy atom. The average molecular weight is 364 g/mol. The number of nitrogens with zero attached hydrogens (tertiary/aromatic N) is 2. The maximum atomic E-state index is 12.5. The molecule has 3 rings (SSSR count). The van der Waals surface area contributed by atoms with Crippen molar-refractivity contribution in [3.05, 3.63) is 0 Å². The van der Waals surface area contributed by atoms with Gasteiger partial charge in [0.25, 0.3) is 0 Å². The minimum absolute atomic E-state index is 0.147. The lowest BCUT2D eigenvalue weighted by Crippen LogP contribution is -2.45. The number of nitrogens with one attached hydrogen (secondary N) is 3. The minimum Gasteiger partial charge on any atom is -0.356 e. The van der Waals surface area contributed by atoms with E-state index in [1.165, 1.54) is 12.8 Å². The second kappa shape index (κ2) is 9.24. The summed E-state index contributed by atoms with van der Waals surface area (Å²) in [5, 5.41) is 9.69. The zero-order chi connectivity index (χ0) is 18.4. The zero-order valence-electron chi connectivity index (χ0n) is 15.9. The highest BCUT2D eigenvalue weighted by Gasteiger charge is 2.32. The van der Waals surface area contributed by atoms with Crippen LogP contribution >= 0.6 is 0 Å². The lowest BCUT2D eigenvalue weighted by Gasteiger charge is -2.21. The van der Waals surface area contributed by atoms with Crippen molar-refractivity contribution in [2.45, 2.75) is 69.9 Å². The maximum absolute atomic E-state index is 12.5. The summed E-state index contributed by atoms with van der Waals surface area (Å²) in [5.74, 6) is 1.51. The topological polar surface area (TPSA) is 85.8 Å². The van der Waals surface area contributed by atoms with E-state index in [4.69, 9.17) is 0 Å². The van der Waals surface area contributed by atoms with E-state index in [9.17, 15) is 9.59 Å². The monoisotopic (exact) mass is 363 g/mol. The number of carbonyl (C=O) groups excluding carboxylic acids is 2. The molecule has 7 heteroatoms. The third-order valence-electron chi connectivity index (χ3n) is 5.58. The summed E-state index contributed by atoms with van der Waals surface area (Å²) < 4.78 is 0. The number of aliphatic imine (C=N–C) groups is 1. The van der Waals surface area contributed by atoms with Crippen molar-refractivity contribution in [1.82, 2.24) is 20.9 Å². The smallest absolute Gasteiger partial charge is 0.225 e.